The van der Waals surface area contributed by atoms with E-state index >= 15 is 0 Å². The van der Waals surface area contributed by atoms with Crippen LogP contribution >= 0.6 is 0 Å². The van der Waals surface area contributed by atoms with Crippen LogP contribution in [0.2, 0.25) is 0 Å². The largest absolute Gasteiger partial charge is 0.496 e. The van der Waals surface area contributed by atoms with Gasteiger partial charge in [-0.15, -0.1) is 0 Å². The van der Waals surface area contributed by atoms with Gasteiger partial charge < -0.3 is 9.64 Å². The highest BCUT2D eigenvalue weighted by Gasteiger charge is 2.31. The first-order valence-electron chi connectivity index (χ1n) is 9.40. The number of sulfonamides is 1. The monoisotopic (exact) mass is 402 g/mol. The van der Waals surface area contributed by atoms with Crippen LogP contribution in [0.25, 0.3) is 0 Å². The van der Waals surface area contributed by atoms with Crippen LogP contribution in [0.15, 0.2) is 53.4 Å². The maximum absolute atomic E-state index is 13.0. The van der Waals surface area contributed by atoms with Gasteiger partial charge in [0, 0.05) is 13.1 Å². The molecule has 2 aromatic carbocycles. The lowest BCUT2D eigenvalue weighted by Crippen LogP contribution is -2.48. The lowest BCUT2D eigenvalue weighted by atomic mass is 10.1. The number of carbonyl (C=O) groups is 1. The minimum Gasteiger partial charge on any atom is -0.496 e. The van der Waals surface area contributed by atoms with Crippen LogP contribution in [0, 0.1) is 6.92 Å². The molecular weight excluding hydrogens is 376 g/mol. The number of hydrogen-bond acceptors (Lipinski definition) is 4. The molecule has 0 aliphatic carbocycles. The lowest BCUT2D eigenvalue weighted by molar-refractivity contribution is -0.131. The zero-order valence-corrected chi connectivity index (χ0v) is 17.0. The van der Waals surface area contributed by atoms with Gasteiger partial charge in [-0.25, -0.2) is 8.42 Å². The summed E-state index contributed by atoms with van der Waals surface area (Å²) in [6, 6.07) is 13.3. The van der Waals surface area contributed by atoms with Crippen molar-refractivity contribution in [2.45, 2.75) is 37.1 Å². The van der Waals surface area contributed by atoms with Crippen LogP contribution in [0.4, 0.5) is 0 Å². The Morgan fingerprint density at radius 3 is 2.43 bits per heavy atom. The number of amides is 1. The Morgan fingerprint density at radius 2 is 1.82 bits per heavy atom. The minimum atomic E-state index is -3.85. The van der Waals surface area contributed by atoms with Crippen molar-refractivity contribution in [1.82, 2.24) is 9.62 Å². The summed E-state index contributed by atoms with van der Waals surface area (Å²) in [6.45, 7) is 3.13. The second-order valence-electron chi connectivity index (χ2n) is 7.03. The van der Waals surface area contributed by atoms with Crippen LogP contribution in [0.1, 0.15) is 24.0 Å². The quantitative estimate of drug-likeness (QED) is 0.772. The first-order chi connectivity index (χ1) is 13.4. The summed E-state index contributed by atoms with van der Waals surface area (Å²) >= 11 is 0. The van der Waals surface area contributed by atoms with E-state index in [1.165, 1.54) is 6.07 Å². The number of benzene rings is 2. The number of ether oxygens (including phenoxy) is 1. The molecule has 1 aliphatic heterocycles. The highest BCUT2D eigenvalue weighted by Crippen LogP contribution is 2.22. The number of nitrogens with zero attached hydrogens (tertiary/aromatic N) is 1. The van der Waals surface area contributed by atoms with E-state index in [2.05, 4.69) is 4.72 Å². The number of nitrogens with one attached hydrogen (secondary N) is 1. The van der Waals surface area contributed by atoms with Crippen molar-refractivity contribution < 1.29 is 17.9 Å². The van der Waals surface area contributed by atoms with Gasteiger partial charge in [0.15, 0.2) is 0 Å². The first kappa shape index (κ1) is 20.4. The van der Waals surface area contributed by atoms with E-state index in [9.17, 15) is 13.2 Å². The van der Waals surface area contributed by atoms with Crippen LogP contribution in [0.3, 0.4) is 0 Å². The number of likely N-dealkylation sites (tertiary alicyclic amines) is 1. The molecule has 0 radical (unpaired) electrons. The van der Waals surface area contributed by atoms with Gasteiger partial charge in [-0.05, 0) is 55.5 Å². The molecule has 0 bridgehead atoms. The van der Waals surface area contributed by atoms with Gasteiger partial charge in [0.2, 0.25) is 15.9 Å². The molecule has 1 amide bonds. The van der Waals surface area contributed by atoms with Crippen LogP contribution in [-0.4, -0.2) is 45.5 Å². The maximum Gasteiger partial charge on any atom is 0.241 e. The van der Waals surface area contributed by atoms with Gasteiger partial charge >= 0.3 is 0 Å². The highest BCUT2D eigenvalue weighted by atomic mass is 32.2. The summed E-state index contributed by atoms with van der Waals surface area (Å²) in [4.78, 5) is 14.9. The molecule has 0 aromatic heterocycles. The smallest absolute Gasteiger partial charge is 0.241 e. The fraction of sp³-hybridized carbons (Fsp3) is 0.381. The molecule has 0 unspecified atom stereocenters. The Balaban J connectivity index is 1.86. The molecule has 1 aliphatic rings. The molecule has 7 heteroatoms. The average Bonchev–Trinajstić information content (AvgIpc) is 3.22. The SMILES string of the molecule is COc1ccc(S(=O)(=O)N[C@@H](Cc2ccccc2)C(=O)N2CCCC2)cc1C. The summed E-state index contributed by atoms with van der Waals surface area (Å²) < 4.78 is 33.8. The van der Waals surface area contributed by atoms with Gasteiger partial charge in [-0.1, -0.05) is 30.3 Å². The summed E-state index contributed by atoms with van der Waals surface area (Å²) in [6.07, 6.45) is 2.22. The van der Waals surface area contributed by atoms with Crippen LogP contribution < -0.4 is 9.46 Å². The van der Waals surface area contributed by atoms with E-state index in [0.29, 0.717) is 25.3 Å². The van der Waals surface area contributed by atoms with E-state index < -0.39 is 16.1 Å². The fourth-order valence-electron chi connectivity index (χ4n) is 3.46. The predicted molar refractivity (Wildman–Crippen MR) is 108 cm³/mol. The molecule has 3 rings (SSSR count). The van der Waals surface area contributed by atoms with Crippen molar-refractivity contribution in [2.75, 3.05) is 20.2 Å². The standard InChI is InChI=1S/C21H26N2O4S/c1-16-14-18(10-11-20(16)27-2)28(25,26)22-19(15-17-8-4-3-5-9-17)21(24)23-12-6-7-13-23/h3-5,8-11,14,19,22H,6-7,12-13,15H2,1-2H3/t19-/m0/s1. The summed E-state index contributed by atoms with van der Waals surface area (Å²) in [5.74, 6) is 0.447. The number of aryl methyl sites for hydroxylation is 1. The number of hydrogen-bond donors (Lipinski definition) is 1. The Kier molecular flexibility index (Phi) is 6.36. The summed E-state index contributed by atoms with van der Waals surface area (Å²) in [7, 11) is -2.31. The van der Waals surface area contributed by atoms with Crippen LogP contribution in [-0.2, 0) is 21.2 Å². The van der Waals surface area contributed by atoms with E-state index in [0.717, 1.165) is 24.0 Å². The first-order valence-corrected chi connectivity index (χ1v) is 10.9. The molecule has 1 N–H and O–H groups in total. The molecule has 2 aromatic rings. The van der Waals surface area contributed by atoms with Gasteiger partial charge in [0.05, 0.1) is 12.0 Å². The molecule has 0 saturated carbocycles. The number of methoxy groups -OCH3 is 1. The second kappa shape index (κ2) is 8.75. The second-order valence-corrected chi connectivity index (χ2v) is 8.74. The van der Waals surface area contributed by atoms with Gasteiger partial charge in [0.25, 0.3) is 0 Å². The molecule has 28 heavy (non-hydrogen) atoms. The van der Waals surface area contributed by atoms with Gasteiger partial charge in [-0.2, -0.15) is 4.72 Å². The molecule has 1 heterocycles. The zero-order chi connectivity index (χ0) is 20.1. The maximum atomic E-state index is 13.0. The molecule has 1 saturated heterocycles. The van der Waals surface area contributed by atoms with Crippen molar-refractivity contribution in [3.8, 4) is 5.75 Å². The lowest BCUT2D eigenvalue weighted by Gasteiger charge is -2.24. The number of carbonyl (C=O) groups excluding carboxylic acids is 1. The third-order valence-corrected chi connectivity index (χ3v) is 6.44. The minimum absolute atomic E-state index is 0.123. The van der Waals surface area contributed by atoms with Crippen LogP contribution in [0.5, 0.6) is 5.75 Å². The summed E-state index contributed by atoms with van der Waals surface area (Å²) in [5.41, 5.74) is 1.63. The molecule has 1 fully saturated rings. The van der Waals surface area contributed by atoms with Crippen molar-refractivity contribution in [3.05, 3.63) is 59.7 Å². The highest BCUT2D eigenvalue weighted by molar-refractivity contribution is 7.89. The summed E-state index contributed by atoms with van der Waals surface area (Å²) in [5, 5.41) is 0. The van der Waals surface area contributed by atoms with Crippen molar-refractivity contribution >= 4 is 15.9 Å². The fourth-order valence-corrected chi connectivity index (χ4v) is 4.73. The van der Waals surface area contributed by atoms with E-state index in [-0.39, 0.29) is 10.8 Å². The zero-order valence-electron chi connectivity index (χ0n) is 16.2. The predicted octanol–water partition coefficient (Wildman–Crippen LogP) is 2.52. The Labute approximate surface area is 166 Å². The van der Waals surface area contributed by atoms with Crippen molar-refractivity contribution in [3.63, 3.8) is 0 Å². The van der Waals surface area contributed by atoms with E-state index in [1.54, 1.807) is 31.1 Å². The third-order valence-electron chi connectivity index (χ3n) is 4.97. The van der Waals surface area contributed by atoms with Crippen molar-refractivity contribution in [2.24, 2.45) is 0 Å². The van der Waals surface area contributed by atoms with Gasteiger partial charge in [0.1, 0.15) is 11.8 Å². The number of rotatable bonds is 7. The van der Waals surface area contributed by atoms with Gasteiger partial charge in [-0.3, -0.25) is 4.79 Å². The third kappa shape index (κ3) is 4.72. The normalized spacial score (nSPS) is 15.4. The van der Waals surface area contributed by atoms with E-state index in [1.807, 2.05) is 30.3 Å². The molecule has 0 spiro atoms. The molecule has 6 nitrogen and oxygen atoms in total. The Morgan fingerprint density at radius 1 is 1.14 bits per heavy atom. The molecule has 150 valence electrons. The average molecular weight is 403 g/mol. The van der Waals surface area contributed by atoms with Crippen molar-refractivity contribution in [1.29, 1.82) is 0 Å². The Bertz CT molecular complexity index is 923. The molecule has 1 atom stereocenters. The Hall–Kier alpha value is -2.38. The topological polar surface area (TPSA) is 75.7 Å². The molecular formula is C21H26N2O4S. The van der Waals surface area contributed by atoms with E-state index in [4.69, 9.17) is 4.74 Å².